The largest absolute Gasteiger partial charge is 0.484 e. The minimum Gasteiger partial charge on any atom is -0.484 e. The molecule has 0 aliphatic heterocycles. The molecule has 160 valence electrons. The molecule has 0 radical (unpaired) electrons. The van der Waals surface area contributed by atoms with Gasteiger partial charge < -0.3 is 9.15 Å². The van der Waals surface area contributed by atoms with E-state index in [1.54, 1.807) is 4.90 Å². The molecule has 0 saturated heterocycles. The molecule has 0 N–H and O–H groups in total. The summed E-state index contributed by atoms with van der Waals surface area (Å²) in [5.74, 6) is 1.28. The van der Waals surface area contributed by atoms with E-state index in [1.165, 1.54) is 23.1 Å². The Kier molecular flexibility index (Phi) is 6.53. The Balaban J connectivity index is 1.35. The number of benzene rings is 2. The molecular weight excluding hydrogens is 432 g/mol. The van der Waals surface area contributed by atoms with Gasteiger partial charge in [-0.15, -0.1) is 10.2 Å². The van der Waals surface area contributed by atoms with Gasteiger partial charge in [-0.25, -0.2) is 4.98 Å². The van der Waals surface area contributed by atoms with Gasteiger partial charge in [-0.1, -0.05) is 47.4 Å². The standard InChI is InChI=1S/C22H22N4O3S2/c1-4-26(21-23-16-7-5-6-8-18(16)31-21)20(27)13-30-22-25-24-19(29-22)12-28-17-11-14(2)9-10-15(17)3/h5-11H,4,12-13H2,1-3H3. The van der Waals surface area contributed by atoms with E-state index in [0.29, 0.717) is 22.8 Å². The van der Waals surface area contributed by atoms with Crippen molar-refractivity contribution in [2.24, 2.45) is 0 Å². The predicted octanol–water partition coefficient (Wildman–Crippen LogP) is 5.02. The molecule has 2 aromatic heterocycles. The van der Waals surface area contributed by atoms with E-state index in [0.717, 1.165) is 27.1 Å². The second kappa shape index (κ2) is 9.49. The fraction of sp³-hybridized carbons (Fsp3) is 0.273. The second-order valence-corrected chi connectivity index (χ2v) is 8.85. The number of aromatic nitrogens is 3. The first-order valence-electron chi connectivity index (χ1n) is 9.84. The second-order valence-electron chi connectivity index (χ2n) is 6.91. The zero-order chi connectivity index (χ0) is 21.8. The van der Waals surface area contributed by atoms with Crippen LogP contribution in [0.2, 0.25) is 0 Å². The number of fused-ring (bicyclic) bond motifs is 1. The van der Waals surface area contributed by atoms with Crippen LogP contribution in [0.1, 0.15) is 23.9 Å². The van der Waals surface area contributed by atoms with Crippen molar-refractivity contribution < 1.29 is 13.9 Å². The molecule has 0 spiro atoms. The summed E-state index contributed by atoms with van der Waals surface area (Å²) in [4.78, 5) is 19.0. The number of thiazole rings is 1. The smallest absolute Gasteiger partial charge is 0.277 e. The minimum absolute atomic E-state index is 0.0575. The predicted molar refractivity (Wildman–Crippen MR) is 123 cm³/mol. The van der Waals surface area contributed by atoms with Crippen molar-refractivity contribution in [2.75, 3.05) is 17.2 Å². The summed E-state index contributed by atoms with van der Waals surface area (Å²) in [6.07, 6.45) is 0. The fourth-order valence-corrected chi connectivity index (χ4v) is 4.66. The summed E-state index contributed by atoms with van der Waals surface area (Å²) in [7, 11) is 0. The Morgan fingerprint density at radius 1 is 1.19 bits per heavy atom. The van der Waals surface area contributed by atoms with Crippen molar-refractivity contribution in [3.8, 4) is 5.75 Å². The highest BCUT2D eigenvalue weighted by Gasteiger charge is 2.19. The molecule has 4 aromatic rings. The number of anilines is 1. The van der Waals surface area contributed by atoms with Crippen molar-refractivity contribution in [3.63, 3.8) is 0 Å². The maximum atomic E-state index is 12.8. The minimum atomic E-state index is -0.0575. The number of rotatable bonds is 8. The molecule has 0 unspecified atom stereocenters. The number of carbonyl (C=O) groups excluding carboxylic acids is 1. The van der Waals surface area contributed by atoms with Crippen LogP contribution in [0.25, 0.3) is 10.2 Å². The molecule has 0 aliphatic rings. The zero-order valence-electron chi connectivity index (χ0n) is 17.5. The van der Waals surface area contributed by atoms with E-state index in [1.807, 2.05) is 63.2 Å². The van der Waals surface area contributed by atoms with Gasteiger partial charge >= 0.3 is 0 Å². The van der Waals surface area contributed by atoms with Crippen LogP contribution in [0.5, 0.6) is 5.75 Å². The Morgan fingerprint density at radius 2 is 2.03 bits per heavy atom. The average molecular weight is 455 g/mol. The van der Waals surface area contributed by atoms with Crippen LogP contribution < -0.4 is 9.64 Å². The Morgan fingerprint density at radius 3 is 2.84 bits per heavy atom. The molecule has 0 atom stereocenters. The van der Waals surface area contributed by atoms with Gasteiger partial charge in [-0.2, -0.15) is 0 Å². The lowest BCUT2D eigenvalue weighted by Crippen LogP contribution is -2.32. The van der Waals surface area contributed by atoms with Crippen molar-refractivity contribution in [1.82, 2.24) is 15.2 Å². The summed E-state index contributed by atoms with van der Waals surface area (Å²) in [5, 5.41) is 9.07. The third kappa shape index (κ3) is 5.05. The topological polar surface area (TPSA) is 81.4 Å². The molecule has 2 aromatic carbocycles. The van der Waals surface area contributed by atoms with Gasteiger partial charge in [0, 0.05) is 6.54 Å². The number of nitrogens with zero attached hydrogens (tertiary/aromatic N) is 4. The molecular formula is C22H22N4O3S2. The van der Waals surface area contributed by atoms with Gasteiger partial charge in [0.1, 0.15) is 5.75 Å². The number of hydrogen-bond donors (Lipinski definition) is 0. The number of carbonyl (C=O) groups is 1. The summed E-state index contributed by atoms with van der Waals surface area (Å²) < 4.78 is 12.5. The van der Waals surface area contributed by atoms with Crippen molar-refractivity contribution in [1.29, 1.82) is 0 Å². The van der Waals surface area contributed by atoms with Crippen LogP contribution in [0.15, 0.2) is 52.1 Å². The Bertz CT molecular complexity index is 1170. The lowest BCUT2D eigenvalue weighted by molar-refractivity contribution is -0.116. The van der Waals surface area contributed by atoms with E-state index in [9.17, 15) is 4.79 Å². The van der Waals surface area contributed by atoms with Crippen molar-refractivity contribution >= 4 is 44.4 Å². The third-order valence-electron chi connectivity index (χ3n) is 4.59. The molecule has 7 nitrogen and oxygen atoms in total. The maximum Gasteiger partial charge on any atom is 0.277 e. The Hall–Kier alpha value is -2.91. The van der Waals surface area contributed by atoms with Gasteiger partial charge in [0.05, 0.1) is 16.0 Å². The van der Waals surface area contributed by atoms with E-state index in [4.69, 9.17) is 9.15 Å². The van der Waals surface area contributed by atoms with Gasteiger partial charge in [-0.05, 0) is 50.1 Å². The molecule has 2 heterocycles. The van der Waals surface area contributed by atoms with Gasteiger partial charge in [0.25, 0.3) is 11.1 Å². The van der Waals surface area contributed by atoms with E-state index in [-0.39, 0.29) is 18.3 Å². The molecule has 0 aliphatic carbocycles. The van der Waals surface area contributed by atoms with Crippen LogP contribution in [-0.4, -0.2) is 33.4 Å². The SMILES string of the molecule is CCN(C(=O)CSc1nnc(COc2cc(C)ccc2C)o1)c1nc2ccccc2s1. The first-order chi connectivity index (χ1) is 15.0. The van der Waals surface area contributed by atoms with E-state index >= 15 is 0 Å². The average Bonchev–Trinajstić information content (AvgIpc) is 3.40. The fourth-order valence-electron chi connectivity index (χ4n) is 2.95. The number of ether oxygens (including phenoxy) is 1. The summed E-state index contributed by atoms with van der Waals surface area (Å²) in [5.41, 5.74) is 3.06. The molecule has 9 heteroatoms. The summed E-state index contributed by atoms with van der Waals surface area (Å²) >= 11 is 2.72. The van der Waals surface area contributed by atoms with Gasteiger partial charge in [0.15, 0.2) is 11.7 Å². The van der Waals surface area contributed by atoms with Gasteiger partial charge in [-0.3, -0.25) is 9.69 Å². The molecule has 4 rings (SSSR count). The summed E-state index contributed by atoms with van der Waals surface area (Å²) in [6, 6.07) is 13.9. The number of amides is 1. The first-order valence-corrected chi connectivity index (χ1v) is 11.6. The highest BCUT2D eigenvalue weighted by Crippen LogP contribution is 2.29. The summed E-state index contributed by atoms with van der Waals surface area (Å²) in [6.45, 7) is 6.65. The van der Waals surface area contributed by atoms with Crippen LogP contribution >= 0.6 is 23.1 Å². The van der Waals surface area contributed by atoms with Crippen LogP contribution in [-0.2, 0) is 11.4 Å². The monoisotopic (exact) mass is 454 g/mol. The molecule has 31 heavy (non-hydrogen) atoms. The lowest BCUT2D eigenvalue weighted by atomic mass is 10.1. The van der Waals surface area contributed by atoms with E-state index in [2.05, 4.69) is 15.2 Å². The molecule has 0 bridgehead atoms. The molecule has 0 saturated carbocycles. The number of hydrogen-bond acceptors (Lipinski definition) is 8. The third-order valence-corrected chi connectivity index (χ3v) is 6.46. The first kappa shape index (κ1) is 21.3. The highest BCUT2D eigenvalue weighted by atomic mass is 32.2. The lowest BCUT2D eigenvalue weighted by Gasteiger charge is -2.16. The Labute approximate surface area is 188 Å². The van der Waals surface area contributed by atoms with Crippen LogP contribution in [0, 0.1) is 13.8 Å². The quantitative estimate of drug-likeness (QED) is 0.346. The van der Waals surface area contributed by atoms with Crippen LogP contribution in [0.4, 0.5) is 5.13 Å². The number of thioether (sulfide) groups is 1. The van der Waals surface area contributed by atoms with E-state index < -0.39 is 0 Å². The van der Waals surface area contributed by atoms with Gasteiger partial charge in [0.2, 0.25) is 5.91 Å². The van der Waals surface area contributed by atoms with Crippen LogP contribution in [0.3, 0.4) is 0 Å². The highest BCUT2D eigenvalue weighted by molar-refractivity contribution is 7.99. The molecule has 0 fully saturated rings. The molecule has 1 amide bonds. The van der Waals surface area contributed by atoms with Crippen molar-refractivity contribution in [2.45, 2.75) is 32.6 Å². The van der Waals surface area contributed by atoms with Crippen molar-refractivity contribution in [3.05, 3.63) is 59.5 Å². The number of para-hydroxylation sites is 1. The normalized spacial score (nSPS) is 11.1. The maximum absolute atomic E-state index is 12.8. The zero-order valence-corrected chi connectivity index (χ0v) is 19.1. The number of aryl methyl sites for hydroxylation is 2.